The number of amides is 1. The minimum atomic E-state index is -0.701. The molecule has 1 aliphatic rings. The van der Waals surface area contributed by atoms with Gasteiger partial charge in [-0.15, -0.1) is 11.3 Å². The molecule has 0 radical (unpaired) electrons. The number of aromatic nitrogens is 1. The second-order valence-electron chi connectivity index (χ2n) is 5.40. The summed E-state index contributed by atoms with van der Waals surface area (Å²) < 4.78 is 26.3. The van der Waals surface area contributed by atoms with E-state index >= 15 is 0 Å². The van der Waals surface area contributed by atoms with Crippen LogP contribution in [0.3, 0.4) is 0 Å². The van der Waals surface area contributed by atoms with Crippen molar-refractivity contribution >= 4 is 28.1 Å². The fourth-order valence-corrected chi connectivity index (χ4v) is 2.71. The maximum absolute atomic E-state index is 13.1. The Balaban J connectivity index is 1.63. The van der Waals surface area contributed by atoms with E-state index in [0.717, 1.165) is 42.4 Å². The molecular weight excluding hydrogens is 322 g/mol. The summed E-state index contributed by atoms with van der Waals surface area (Å²) in [5.74, 6) is -1.78. The fraction of sp³-hybridized carbons (Fsp3) is 0.267. The van der Waals surface area contributed by atoms with Gasteiger partial charge < -0.3 is 10.6 Å². The summed E-state index contributed by atoms with van der Waals surface area (Å²) in [7, 11) is 0. The third-order valence-corrected chi connectivity index (χ3v) is 4.29. The van der Waals surface area contributed by atoms with Gasteiger partial charge in [-0.05, 0) is 25.0 Å². The Morgan fingerprint density at radius 2 is 2.04 bits per heavy atom. The Hall–Kier alpha value is -2.53. The van der Waals surface area contributed by atoms with Crippen LogP contribution >= 0.6 is 11.3 Å². The number of nitrogens with zero attached hydrogens (tertiary/aromatic N) is 2. The van der Waals surface area contributed by atoms with Gasteiger partial charge in [0.2, 0.25) is 0 Å². The molecule has 2 aromatic rings. The third kappa shape index (κ3) is 3.63. The van der Waals surface area contributed by atoms with Crippen LogP contribution in [0.4, 0.5) is 19.6 Å². The molecule has 3 rings (SSSR count). The number of thiazole rings is 1. The Morgan fingerprint density at radius 3 is 2.65 bits per heavy atom. The number of nitriles is 1. The molecule has 23 heavy (non-hydrogen) atoms. The monoisotopic (exact) mass is 334 g/mol. The van der Waals surface area contributed by atoms with Crippen molar-refractivity contribution in [3.8, 4) is 6.07 Å². The Kier molecular flexibility index (Phi) is 3.96. The molecule has 0 aliphatic heterocycles. The summed E-state index contributed by atoms with van der Waals surface area (Å²) in [6.07, 6.45) is 1.58. The quantitative estimate of drug-likeness (QED) is 0.880. The highest BCUT2D eigenvalue weighted by Gasteiger charge is 2.43. The second-order valence-corrected chi connectivity index (χ2v) is 6.25. The Labute approximate surface area is 135 Å². The van der Waals surface area contributed by atoms with Crippen LogP contribution in [0, 0.1) is 28.4 Å². The molecule has 1 aromatic carbocycles. The smallest absolute Gasteiger partial charge is 0.270 e. The SMILES string of the molecule is N#CC1(CNC(=O)c2csc(Nc3cc(F)cc(F)c3)n2)CC1. The van der Waals surface area contributed by atoms with Crippen molar-refractivity contribution in [2.75, 3.05) is 11.9 Å². The number of nitrogens with one attached hydrogen (secondary N) is 2. The van der Waals surface area contributed by atoms with Crippen molar-refractivity contribution in [1.82, 2.24) is 10.3 Å². The van der Waals surface area contributed by atoms with Crippen LogP contribution in [-0.4, -0.2) is 17.4 Å². The van der Waals surface area contributed by atoms with Crippen LogP contribution in [0.15, 0.2) is 23.6 Å². The zero-order valence-electron chi connectivity index (χ0n) is 11.9. The minimum absolute atomic E-state index is 0.197. The topological polar surface area (TPSA) is 77.8 Å². The summed E-state index contributed by atoms with van der Waals surface area (Å²) in [5, 5.41) is 16.3. The second kappa shape index (κ2) is 5.93. The first-order valence-electron chi connectivity index (χ1n) is 6.88. The number of halogens is 2. The molecule has 1 aliphatic carbocycles. The van der Waals surface area contributed by atoms with E-state index in [2.05, 4.69) is 21.7 Å². The third-order valence-electron chi connectivity index (χ3n) is 3.53. The van der Waals surface area contributed by atoms with Crippen molar-refractivity contribution in [3.05, 3.63) is 40.9 Å². The maximum Gasteiger partial charge on any atom is 0.270 e. The van der Waals surface area contributed by atoms with Crippen LogP contribution in [0.2, 0.25) is 0 Å². The number of carbonyl (C=O) groups excluding carboxylic acids is 1. The number of carbonyl (C=O) groups is 1. The van der Waals surface area contributed by atoms with E-state index in [1.807, 2.05) is 0 Å². The van der Waals surface area contributed by atoms with Crippen molar-refractivity contribution < 1.29 is 13.6 Å². The Bertz CT molecular complexity index is 775. The summed E-state index contributed by atoms with van der Waals surface area (Å²) >= 11 is 1.15. The summed E-state index contributed by atoms with van der Waals surface area (Å²) in [6, 6.07) is 5.23. The van der Waals surface area contributed by atoms with E-state index < -0.39 is 17.0 Å². The van der Waals surface area contributed by atoms with Gasteiger partial charge in [0.15, 0.2) is 5.13 Å². The molecule has 1 fully saturated rings. The molecule has 1 aromatic heterocycles. The van der Waals surface area contributed by atoms with E-state index in [4.69, 9.17) is 5.26 Å². The van der Waals surface area contributed by atoms with Gasteiger partial charge >= 0.3 is 0 Å². The molecule has 0 bridgehead atoms. The molecule has 0 saturated heterocycles. The highest BCUT2D eigenvalue weighted by molar-refractivity contribution is 7.14. The fourth-order valence-electron chi connectivity index (χ4n) is 2.00. The van der Waals surface area contributed by atoms with Gasteiger partial charge in [-0.25, -0.2) is 13.8 Å². The van der Waals surface area contributed by atoms with E-state index in [1.165, 1.54) is 0 Å². The lowest BCUT2D eigenvalue weighted by Crippen LogP contribution is -2.29. The summed E-state index contributed by atoms with van der Waals surface area (Å²) in [4.78, 5) is 16.1. The molecule has 8 heteroatoms. The van der Waals surface area contributed by atoms with Crippen molar-refractivity contribution in [1.29, 1.82) is 5.26 Å². The van der Waals surface area contributed by atoms with Gasteiger partial charge in [0.25, 0.3) is 5.91 Å². The Morgan fingerprint density at radius 1 is 1.35 bits per heavy atom. The van der Waals surface area contributed by atoms with E-state index in [1.54, 1.807) is 5.38 Å². The number of anilines is 2. The molecule has 5 nitrogen and oxygen atoms in total. The van der Waals surface area contributed by atoms with Gasteiger partial charge in [0.1, 0.15) is 17.3 Å². The molecule has 0 unspecified atom stereocenters. The molecule has 2 N–H and O–H groups in total. The molecule has 1 amide bonds. The first-order valence-corrected chi connectivity index (χ1v) is 7.76. The molecule has 0 atom stereocenters. The number of hydrogen-bond acceptors (Lipinski definition) is 5. The van der Waals surface area contributed by atoms with Gasteiger partial charge in [-0.3, -0.25) is 4.79 Å². The van der Waals surface area contributed by atoms with Gasteiger partial charge in [-0.2, -0.15) is 5.26 Å². The van der Waals surface area contributed by atoms with Crippen molar-refractivity contribution in [2.24, 2.45) is 5.41 Å². The predicted molar refractivity (Wildman–Crippen MR) is 81.4 cm³/mol. The average molecular weight is 334 g/mol. The van der Waals surface area contributed by atoms with Crippen LogP contribution in [0.5, 0.6) is 0 Å². The van der Waals surface area contributed by atoms with E-state index in [-0.39, 0.29) is 17.3 Å². The number of rotatable bonds is 5. The normalized spacial score (nSPS) is 14.8. The zero-order chi connectivity index (χ0) is 16.4. The molecule has 1 saturated carbocycles. The van der Waals surface area contributed by atoms with Gasteiger partial charge in [0.05, 0.1) is 11.5 Å². The highest BCUT2D eigenvalue weighted by Crippen LogP contribution is 2.44. The van der Waals surface area contributed by atoms with Crippen molar-refractivity contribution in [3.63, 3.8) is 0 Å². The van der Waals surface area contributed by atoms with E-state index in [9.17, 15) is 13.6 Å². The molecule has 0 spiro atoms. The van der Waals surface area contributed by atoms with Gasteiger partial charge in [0, 0.05) is 23.7 Å². The van der Waals surface area contributed by atoms with Crippen molar-refractivity contribution in [2.45, 2.75) is 12.8 Å². The molecule has 1 heterocycles. The predicted octanol–water partition coefficient (Wildman–Crippen LogP) is 3.20. The average Bonchev–Trinajstić information content (AvgIpc) is 3.14. The number of hydrogen-bond donors (Lipinski definition) is 2. The lowest BCUT2D eigenvalue weighted by Gasteiger charge is -2.06. The summed E-state index contributed by atoms with van der Waals surface area (Å²) in [5.41, 5.74) is -0.0143. The van der Waals surface area contributed by atoms with Crippen LogP contribution in [0.25, 0.3) is 0 Å². The largest absolute Gasteiger partial charge is 0.349 e. The van der Waals surface area contributed by atoms with Crippen LogP contribution < -0.4 is 10.6 Å². The summed E-state index contributed by atoms with van der Waals surface area (Å²) in [6.45, 7) is 0.303. The highest BCUT2D eigenvalue weighted by atomic mass is 32.1. The van der Waals surface area contributed by atoms with Gasteiger partial charge in [-0.1, -0.05) is 0 Å². The first-order chi connectivity index (χ1) is 11.0. The lowest BCUT2D eigenvalue weighted by molar-refractivity contribution is 0.0944. The first kappa shape index (κ1) is 15.4. The molecular formula is C15H12F2N4OS. The van der Waals surface area contributed by atoms with Crippen LogP contribution in [-0.2, 0) is 0 Å². The minimum Gasteiger partial charge on any atom is -0.349 e. The van der Waals surface area contributed by atoms with E-state index in [0.29, 0.717) is 11.7 Å². The standard InChI is InChI=1S/C15H12F2N4OS/c16-9-3-10(17)5-11(4-9)20-14-21-12(6-23-14)13(22)19-8-15(7-18)1-2-15/h3-6H,1-2,8H2,(H,19,22)(H,20,21). The number of benzene rings is 1. The van der Waals surface area contributed by atoms with Crippen LogP contribution in [0.1, 0.15) is 23.3 Å². The molecule has 118 valence electrons. The zero-order valence-corrected chi connectivity index (χ0v) is 12.7. The maximum atomic E-state index is 13.1. The lowest BCUT2D eigenvalue weighted by atomic mass is 10.1.